The van der Waals surface area contributed by atoms with Crippen LogP contribution in [0.1, 0.15) is 19.3 Å². The average molecular weight is 445 g/mol. The molecule has 158 valence electrons. The summed E-state index contributed by atoms with van der Waals surface area (Å²) in [5.74, 6) is 0.600. The molecule has 30 heavy (non-hydrogen) atoms. The van der Waals surface area contributed by atoms with Crippen molar-refractivity contribution < 1.29 is 9.18 Å². The van der Waals surface area contributed by atoms with Crippen LogP contribution in [-0.4, -0.2) is 64.7 Å². The molecular formula is C22H25FN4OS2. The molecule has 1 fully saturated rings. The smallest absolute Gasteiger partial charge is 0.223 e. The molecule has 1 aliphatic heterocycles. The quantitative estimate of drug-likeness (QED) is 0.413. The van der Waals surface area contributed by atoms with Crippen LogP contribution in [0, 0.1) is 5.82 Å². The first-order chi connectivity index (χ1) is 14.5. The summed E-state index contributed by atoms with van der Waals surface area (Å²) in [6.07, 6.45) is 4.12. The summed E-state index contributed by atoms with van der Waals surface area (Å²) in [5.41, 5.74) is 1.95. The lowest BCUT2D eigenvalue weighted by Gasteiger charge is -2.35. The topological polar surface area (TPSA) is 49.3 Å². The first-order valence-electron chi connectivity index (χ1n) is 10.1. The fraction of sp³-hybridized carbons (Fsp3) is 0.409. The summed E-state index contributed by atoms with van der Waals surface area (Å²) in [7, 11) is 4.05. The van der Waals surface area contributed by atoms with Gasteiger partial charge in [0.1, 0.15) is 22.0 Å². The van der Waals surface area contributed by atoms with Gasteiger partial charge in [-0.2, -0.15) is 0 Å². The number of piperidine rings is 1. The molecule has 2 aromatic heterocycles. The number of rotatable bonds is 6. The molecule has 0 unspecified atom stereocenters. The van der Waals surface area contributed by atoms with Crippen molar-refractivity contribution in [3.63, 3.8) is 0 Å². The highest BCUT2D eigenvalue weighted by atomic mass is 32.2. The number of likely N-dealkylation sites (tertiary alicyclic amines) is 1. The van der Waals surface area contributed by atoms with Crippen molar-refractivity contribution in [3.8, 4) is 11.1 Å². The molecule has 1 amide bonds. The third kappa shape index (κ3) is 4.66. The van der Waals surface area contributed by atoms with Gasteiger partial charge in [-0.15, -0.1) is 23.1 Å². The third-order valence-electron chi connectivity index (χ3n) is 5.67. The van der Waals surface area contributed by atoms with Gasteiger partial charge in [0.15, 0.2) is 0 Å². The molecule has 4 rings (SSSR count). The van der Waals surface area contributed by atoms with Gasteiger partial charge in [-0.05, 0) is 50.7 Å². The standard InChI is InChI=1S/C22H25FN4OS2/c1-26-10-7-17(8-11-26)27(2)19(28)9-12-29-21-20-18(13-30-22(20)25-14-24-21)15-3-5-16(23)6-4-15/h3-6,13-14,17H,7-12H2,1-2H3. The molecule has 3 heterocycles. The SMILES string of the molecule is CN1CCC(N(C)C(=O)CCSc2ncnc3scc(-c4ccc(F)cc4)c23)CC1. The Labute approximate surface area is 184 Å². The zero-order chi connectivity index (χ0) is 21.1. The minimum Gasteiger partial charge on any atom is -0.343 e. The summed E-state index contributed by atoms with van der Waals surface area (Å²) < 4.78 is 13.3. The van der Waals surface area contributed by atoms with Crippen molar-refractivity contribution in [1.29, 1.82) is 0 Å². The van der Waals surface area contributed by atoms with Gasteiger partial charge >= 0.3 is 0 Å². The largest absolute Gasteiger partial charge is 0.343 e. The molecule has 0 saturated carbocycles. The molecule has 1 aliphatic rings. The Morgan fingerprint density at radius 1 is 1.27 bits per heavy atom. The number of halogens is 1. The Morgan fingerprint density at radius 2 is 2.00 bits per heavy atom. The van der Waals surface area contributed by atoms with Crippen LogP contribution >= 0.6 is 23.1 Å². The summed E-state index contributed by atoms with van der Waals surface area (Å²) in [6.45, 7) is 2.08. The predicted octanol–water partition coefficient (Wildman–Crippen LogP) is 4.53. The molecule has 3 aromatic rings. The summed E-state index contributed by atoms with van der Waals surface area (Å²) in [5, 5.41) is 3.89. The maximum absolute atomic E-state index is 13.3. The first kappa shape index (κ1) is 21.2. The summed E-state index contributed by atoms with van der Waals surface area (Å²) in [4.78, 5) is 26.7. The van der Waals surface area contributed by atoms with Crippen LogP contribution in [0.25, 0.3) is 21.3 Å². The van der Waals surface area contributed by atoms with Gasteiger partial charge in [0.05, 0.1) is 5.39 Å². The van der Waals surface area contributed by atoms with E-state index in [2.05, 4.69) is 21.9 Å². The average Bonchev–Trinajstić information content (AvgIpc) is 3.19. The number of benzene rings is 1. The number of thioether (sulfide) groups is 1. The van der Waals surface area contributed by atoms with Gasteiger partial charge in [-0.3, -0.25) is 4.79 Å². The molecule has 0 radical (unpaired) electrons. The summed E-state index contributed by atoms with van der Waals surface area (Å²) >= 11 is 3.14. The van der Waals surface area contributed by atoms with E-state index >= 15 is 0 Å². The van der Waals surface area contributed by atoms with Crippen molar-refractivity contribution in [2.75, 3.05) is 32.9 Å². The van der Waals surface area contributed by atoms with Crippen LogP contribution in [0.15, 0.2) is 41.0 Å². The van der Waals surface area contributed by atoms with Crippen molar-refractivity contribution in [3.05, 3.63) is 41.8 Å². The van der Waals surface area contributed by atoms with E-state index in [-0.39, 0.29) is 11.7 Å². The van der Waals surface area contributed by atoms with Crippen LogP contribution in [0.4, 0.5) is 4.39 Å². The minimum atomic E-state index is -0.253. The van der Waals surface area contributed by atoms with Crippen LogP contribution in [0.2, 0.25) is 0 Å². The number of aromatic nitrogens is 2. The summed E-state index contributed by atoms with van der Waals surface area (Å²) in [6, 6.07) is 6.82. The number of nitrogens with zero attached hydrogens (tertiary/aromatic N) is 4. The molecule has 0 atom stereocenters. The van der Waals surface area contributed by atoms with E-state index in [1.807, 2.05) is 17.3 Å². The molecule has 8 heteroatoms. The maximum atomic E-state index is 13.3. The van der Waals surface area contributed by atoms with E-state index in [9.17, 15) is 9.18 Å². The van der Waals surface area contributed by atoms with Crippen LogP contribution in [0.3, 0.4) is 0 Å². The van der Waals surface area contributed by atoms with E-state index in [0.717, 1.165) is 52.3 Å². The Bertz CT molecular complexity index is 1020. The lowest BCUT2D eigenvalue weighted by molar-refractivity contribution is -0.132. The molecule has 0 aliphatic carbocycles. The van der Waals surface area contributed by atoms with Gasteiger partial charge in [0, 0.05) is 36.2 Å². The Kier molecular flexibility index (Phi) is 6.65. The van der Waals surface area contributed by atoms with E-state index < -0.39 is 0 Å². The van der Waals surface area contributed by atoms with Crippen LogP contribution in [0.5, 0.6) is 0 Å². The van der Waals surface area contributed by atoms with Gasteiger partial charge in [-0.25, -0.2) is 14.4 Å². The van der Waals surface area contributed by atoms with Gasteiger partial charge in [0.2, 0.25) is 5.91 Å². The molecular weight excluding hydrogens is 419 g/mol. The number of thiophene rings is 1. The zero-order valence-electron chi connectivity index (χ0n) is 17.2. The van der Waals surface area contributed by atoms with E-state index in [0.29, 0.717) is 18.2 Å². The highest BCUT2D eigenvalue weighted by Gasteiger charge is 2.24. The molecule has 5 nitrogen and oxygen atoms in total. The van der Waals surface area contributed by atoms with E-state index in [1.165, 1.54) is 12.1 Å². The number of fused-ring (bicyclic) bond motifs is 1. The number of hydrogen-bond donors (Lipinski definition) is 0. The highest BCUT2D eigenvalue weighted by molar-refractivity contribution is 7.99. The lowest BCUT2D eigenvalue weighted by atomic mass is 10.0. The van der Waals surface area contributed by atoms with Gasteiger partial charge < -0.3 is 9.80 Å². The fourth-order valence-corrected chi connectivity index (χ4v) is 5.72. The minimum absolute atomic E-state index is 0.187. The number of carbonyl (C=O) groups excluding carboxylic acids is 1. The number of hydrogen-bond acceptors (Lipinski definition) is 6. The van der Waals surface area contributed by atoms with E-state index in [4.69, 9.17) is 0 Å². The third-order valence-corrected chi connectivity index (χ3v) is 7.55. The van der Waals surface area contributed by atoms with Crippen molar-refractivity contribution in [2.45, 2.75) is 30.3 Å². The van der Waals surface area contributed by atoms with Crippen LogP contribution in [-0.2, 0) is 4.79 Å². The normalized spacial score (nSPS) is 15.6. The second-order valence-electron chi connectivity index (χ2n) is 7.65. The van der Waals surface area contributed by atoms with Crippen molar-refractivity contribution in [2.24, 2.45) is 0 Å². The first-order valence-corrected chi connectivity index (χ1v) is 11.9. The Morgan fingerprint density at radius 3 is 2.73 bits per heavy atom. The maximum Gasteiger partial charge on any atom is 0.223 e. The number of carbonyl (C=O) groups is 1. The zero-order valence-corrected chi connectivity index (χ0v) is 18.8. The monoisotopic (exact) mass is 444 g/mol. The Balaban J connectivity index is 1.43. The molecule has 0 spiro atoms. The molecule has 0 bridgehead atoms. The van der Waals surface area contributed by atoms with E-state index in [1.54, 1.807) is 41.6 Å². The lowest BCUT2D eigenvalue weighted by Crippen LogP contribution is -2.44. The van der Waals surface area contributed by atoms with Crippen LogP contribution < -0.4 is 0 Å². The van der Waals surface area contributed by atoms with Crippen molar-refractivity contribution >= 4 is 39.2 Å². The second-order valence-corrected chi connectivity index (χ2v) is 9.59. The molecule has 1 aromatic carbocycles. The fourth-order valence-electron chi connectivity index (χ4n) is 3.80. The van der Waals surface area contributed by atoms with Crippen molar-refractivity contribution in [1.82, 2.24) is 19.8 Å². The molecule has 1 saturated heterocycles. The molecule has 0 N–H and O–H groups in total. The Hall–Kier alpha value is -2.03. The van der Waals surface area contributed by atoms with Gasteiger partial charge in [0.25, 0.3) is 0 Å². The number of amides is 1. The predicted molar refractivity (Wildman–Crippen MR) is 121 cm³/mol. The second kappa shape index (κ2) is 9.41. The highest BCUT2D eigenvalue weighted by Crippen LogP contribution is 2.38. The van der Waals surface area contributed by atoms with Gasteiger partial charge in [-0.1, -0.05) is 12.1 Å².